The van der Waals surface area contributed by atoms with E-state index in [9.17, 15) is 4.79 Å². The Labute approximate surface area is 190 Å². The van der Waals surface area contributed by atoms with E-state index >= 15 is 0 Å². The molecule has 2 aromatic heterocycles. The average Bonchev–Trinajstić information content (AvgIpc) is 3.46. The van der Waals surface area contributed by atoms with Crippen LogP contribution < -0.4 is 4.90 Å². The number of carboxylic acid groups (broad SMARTS) is 1. The molecule has 0 aliphatic heterocycles. The van der Waals surface area contributed by atoms with E-state index in [0.29, 0.717) is 18.0 Å². The summed E-state index contributed by atoms with van der Waals surface area (Å²) in [5.74, 6) is -0.399. The van der Waals surface area contributed by atoms with Crippen LogP contribution in [0.1, 0.15) is 46.1 Å². The number of benzene rings is 2. The van der Waals surface area contributed by atoms with Gasteiger partial charge in [0, 0.05) is 22.4 Å². The summed E-state index contributed by atoms with van der Waals surface area (Å²) in [5, 5.41) is 14.3. The molecule has 0 saturated carbocycles. The molecule has 2 heterocycles. The zero-order chi connectivity index (χ0) is 21.8. The van der Waals surface area contributed by atoms with Gasteiger partial charge in [-0.25, -0.2) is 9.78 Å². The van der Waals surface area contributed by atoms with Gasteiger partial charge < -0.3 is 10.0 Å². The summed E-state index contributed by atoms with van der Waals surface area (Å²) in [6.45, 7) is 5.82. The maximum absolute atomic E-state index is 11.1. The van der Waals surface area contributed by atoms with E-state index in [1.54, 1.807) is 34.8 Å². The first-order chi connectivity index (χ1) is 15.0. The summed E-state index contributed by atoms with van der Waals surface area (Å²) in [7, 11) is 0. The smallest absolute Gasteiger partial charge is 0.335 e. The van der Waals surface area contributed by atoms with Crippen LogP contribution in [0.15, 0.2) is 71.4 Å². The molecule has 4 rings (SSSR count). The second-order valence-electron chi connectivity index (χ2n) is 7.73. The first-order valence-electron chi connectivity index (χ1n) is 10.1. The molecular weight excluding hydrogens is 424 g/mol. The first-order valence-corrected chi connectivity index (χ1v) is 11.9. The number of hydrogen-bond acceptors (Lipinski definition) is 5. The van der Waals surface area contributed by atoms with Gasteiger partial charge in [0.05, 0.1) is 17.8 Å². The summed E-state index contributed by atoms with van der Waals surface area (Å²) in [6, 6.07) is 19.9. The highest BCUT2D eigenvalue weighted by molar-refractivity contribution is 7.14. The van der Waals surface area contributed by atoms with Crippen LogP contribution in [0.25, 0.3) is 11.3 Å². The highest BCUT2D eigenvalue weighted by Gasteiger charge is 2.15. The summed E-state index contributed by atoms with van der Waals surface area (Å²) < 4.78 is 0. The molecule has 158 valence electrons. The number of anilines is 1. The van der Waals surface area contributed by atoms with Crippen LogP contribution in [0.5, 0.6) is 0 Å². The number of aromatic nitrogens is 1. The Balaban J connectivity index is 1.58. The molecule has 0 radical (unpaired) electrons. The minimum Gasteiger partial charge on any atom is -0.478 e. The summed E-state index contributed by atoms with van der Waals surface area (Å²) in [5.41, 5.74) is 4.78. The molecule has 0 saturated heterocycles. The third kappa shape index (κ3) is 5.21. The Hall–Kier alpha value is -2.96. The molecule has 0 spiro atoms. The molecule has 31 heavy (non-hydrogen) atoms. The largest absolute Gasteiger partial charge is 0.478 e. The van der Waals surface area contributed by atoms with Crippen LogP contribution in [0.4, 0.5) is 5.13 Å². The second-order valence-corrected chi connectivity index (χ2v) is 9.60. The maximum Gasteiger partial charge on any atom is 0.335 e. The molecule has 4 aromatic rings. The SMILES string of the molecule is CC(C)c1ccc(-c2csc(N(Cc3ccc(C(=O)O)cc3)Cc3cccs3)n2)cc1. The second kappa shape index (κ2) is 9.45. The molecule has 0 unspecified atom stereocenters. The van der Waals surface area contributed by atoms with Gasteiger partial charge in [-0.1, -0.05) is 56.3 Å². The third-order valence-electron chi connectivity index (χ3n) is 5.14. The molecule has 0 fully saturated rings. The van der Waals surface area contributed by atoms with Crippen LogP contribution in [-0.4, -0.2) is 16.1 Å². The molecule has 0 bridgehead atoms. The molecular formula is C25H24N2O2S2. The van der Waals surface area contributed by atoms with Crippen molar-refractivity contribution < 1.29 is 9.90 Å². The lowest BCUT2D eigenvalue weighted by molar-refractivity contribution is 0.0697. The van der Waals surface area contributed by atoms with Crippen molar-refractivity contribution in [1.29, 1.82) is 0 Å². The fraction of sp³-hybridized carbons (Fsp3) is 0.200. The van der Waals surface area contributed by atoms with Crippen molar-refractivity contribution >= 4 is 33.8 Å². The van der Waals surface area contributed by atoms with E-state index in [2.05, 4.69) is 65.9 Å². The first kappa shape index (κ1) is 21.3. The van der Waals surface area contributed by atoms with Crippen molar-refractivity contribution in [3.63, 3.8) is 0 Å². The van der Waals surface area contributed by atoms with Gasteiger partial charge >= 0.3 is 5.97 Å². The van der Waals surface area contributed by atoms with Crippen molar-refractivity contribution in [3.8, 4) is 11.3 Å². The quantitative estimate of drug-likeness (QED) is 0.318. The summed E-state index contributed by atoms with van der Waals surface area (Å²) >= 11 is 3.37. The minimum absolute atomic E-state index is 0.301. The molecule has 0 aliphatic rings. The number of aromatic carboxylic acids is 1. The zero-order valence-corrected chi connectivity index (χ0v) is 19.1. The van der Waals surface area contributed by atoms with E-state index < -0.39 is 5.97 Å². The average molecular weight is 449 g/mol. The highest BCUT2D eigenvalue weighted by atomic mass is 32.1. The summed E-state index contributed by atoms with van der Waals surface area (Å²) in [6.07, 6.45) is 0. The van der Waals surface area contributed by atoms with E-state index in [-0.39, 0.29) is 0 Å². The van der Waals surface area contributed by atoms with Gasteiger partial charge in [-0.3, -0.25) is 0 Å². The van der Waals surface area contributed by atoms with Crippen molar-refractivity contribution in [2.24, 2.45) is 0 Å². The highest BCUT2D eigenvalue weighted by Crippen LogP contribution is 2.31. The Morgan fingerprint density at radius 2 is 1.74 bits per heavy atom. The Morgan fingerprint density at radius 3 is 2.35 bits per heavy atom. The van der Waals surface area contributed by atoms with Gasteiger partial charge in [-0.15, -0.1) is 22.7 Å². The van der Waals surface area contributed by atoms with Gasteiger partial charge in [-0.2, -0.15) is 0 Å². The number of carboxylic acids is 1. The van der Waals surface area contributed by atoms with E-state index in [4.69, 9.17) is 10.1 Å². The Bertz CT molecular complexity index is 1130. The number of hydrogen-bond donors (Lipinski definition) is 1. The topological polar surface area (TPSA) is 53.4 Å². The fourth-order valence-corrected chi connectivity index (χ4v) is 4.89. The van der Waals surface area contributed by atoms with Crippen LogP contribution in [0, 0.1) is 0 Å². The van der Waals surface area contributed by atoms with Crippen LogP contribution in [-0.2, 0) is 13.1 Å². The predicted molar refractivity (Wildman–Crippen MR) is 129 cm³/mol. The number of rotatable bonds is 8. The summed E-state index contributed by atoms with van der Waals surface area (Å²) in [4.78, 5) is 19.6. The Morgan fingerprint density at radius 1 is 1.00 bits per heavy atom. The number of thiazole rings is 1. The minimum atomic E-state index is -0.907. The normalized spacial score (nSPS) is 11.1. The Kier molecular flexibility index (Phi) is 6.49. The van der Waals surface area contributed by atoms with Gasteiger partial charge in [0.15, 0.2) is 5.13 Å². The standard InChI is InChI=1S/C25H24N2O2S2/c1-17(2)19-9-11-20(12-10-19)23-16-31-25(26-23)27(15-22-4-3-13-30-22)14-18-5-7-21(8-6-18)24(28)29/h3-13,16-17H,14-15H2,1-2H3,(H,28,29). The fourth-order valence-electron chi connectivity index (χ4n) is 3.34. The third-order valence-corrected chi connectivity index (χ3v) is 6.90. The molecule has 2 aromatic carbocycles. The van der Waals surface area contributed by atoms with Crippen molar-refractivity contribution in [1.82, 2.24) is 4.98 Å². The predicted octanol–water partition coefficient (Wildman–Crippen LogP) is 6.90. The molecule has 0 atom stereocenters. The van der Waals surface area contributed by atoms with Crippen molar-refractivity contribution in [2.75, 3.05) is 4.90 Å². The molecule has 1 N–H and O–H groups in total. The molecule has 6 heteroatoms. The van der Waals surface area contributed by atoms with Crippen LogP contribution >= 0.6 is 22.7 Å². The van der Waals surface area contributed by atoms with E-state index in [1.165, 1.54) is 10.4 Å². The maximum atomic E-state index is 11.1. The molecule has 0 aliphatic carbocycles. The lowest BCUT2D eigenvalue weighted by atomic mass is 10.0. The van der Waals surface area contributed by atoms with Gasteiger partial charge in [0.25, 0.3) is 0 Å². The van der Waals surface area contributed by atoms with E-state index in [0.717, 1.165) is 28.5 Å². The van der Waals surface area contributed by atoms with Gasteiger partial charge in [0.2, 0.25) is 0 Å². The zero-order valence-electron chi connectivity index (χ0n) is 17.5. The molecule has 4 nitrogen and oxygen atoms in total. The van der Waals surface area contributed by atoms with Crippen LogP contribution in [0.3, 0.4) is 0 Å². The molecule has 0 amide bonds. The van der Waals surface area contributed by atoms with Gasteiger partial charge in [0.1, 0.15) is 0 Å². The monoisotopic (exact) mass is 448 g/mol. The van der Waals surface area contributed by atoms with E-state index in [1.807, 2.05) is 12.1 Å². The van der Waals surface area contributed by atoms with Crippen molar-refractivity contribution in [2.45, 2.75) is 32.9 Å². The van der Waals surface area contributed by atoms with Crippen LogP contribution in [0.2, 0.25) is 0 Å². The number of nitrogens with zero attached hydrogens (tertiary/aromatic N) is 2. The van der Waals surface area contributed by atoms with Gasteiger partial charge in [-0.05, 0) is 40.6 Å². The lowest BCUT2D eigenvalue weighted by Gasteiger charge is -2.21. The van der Waals surface area contributed by atoms with Crippen molar-refractivity contribution in [3.05, 3.63) is 93.0 Å². The lowest BCUT2D eigenvalue weighted by Crippen LogP contribution is -2.21. The number of thiophene rings is 1. The number of carbonyl (C=O) groups is 1.